The second-order valence-corrected chi connectivity index (χ2v) is 3.35. The van der Waals surface area contributed by atoms with Crippen LogP contribution in [0.5, 0.6) is 0 Å². The van der Waals surface area contributed by atoms with Gasteiger partial charge in [-0.2, -0.15) is 5.10 Å². The van der Waals surface area contributed by atoms with Crippen LogP contribution in [-0.4, -0.2) is 31.8 Å². The first-order valence-corrected chi connectivity index (χ1v) is 4.50. The minimum Gasteiger partial charge on any atom is -0.422 e. The smallest absolute Gasteiger partial charge is 0.422 e. The Morgan fingerprint density at radius 1 is 1.44 bits per heavy atom. The molecule has 5 nitrogen and oxygen atoms in total. The molecule has 0 saturated carbocycles. The predicted molar refractivity (Wildman–Crippen MR) is 52.5 cm³/mol. The van der Waals surface area contributed by atoms with Crippen LogP contribution < -0.4 is 5.59 Å². The van der Waals surface area contributed by atoms with Gasteiger partial charge in [-0.1, -0.05) is 0 Å². The number of halogens is 2. The molecule has 0 amide bonds. The Hall–Kier alpha value is -1.54. The summed E-state index contributed by atoms with van der Waals surface area (Å²) in [5.74, 6) is 0. The van der Waals surface area contributed by atoms with Crippen molar-refractivity contribution in [1.82, 2.24) is 14.6 Å². The van der Waals surface area contributed by atoms with E-state index in [4.69, 9.17) is 10.0 Å². The first-order valence-electron chi connectivity index (χ1n) is 4.50. The highest BCUT2D eigenvalue weighted by molar-refractivity contribution is 6.57. The molecule has 84 valence electrons. The van der Waals surface area contributed by atoms with Gasteiger partial charge in [0, 0.05) is 0 Å². The van der Waals surface area contributed by atoms with Crippen molar-refractivity contribution in [3.8, 4) is 0 Å². The molecule has 2 heterocycles. The summed E-state index contributed by atoms with van der Waals surface area (Å²) >= 11 is 0. The molecule has 0 unspecified atom stereocenters. The standard InChI is InChI=1S/C8H8BF2N3O2/c1-4-3-14-8(12-4)5(7(10)11)2-6(13-14)9(15)16/h2-3,7,15-16H,1H3. The zero-order chi connectivity index (χ0) is 11.9. The van der Waals surface area contributed by atoms with Crippen LogP contribution in [0.3, 0.4) is 0 Å². The number of nitrogens with zero attached hydrogens (tertiary/aromatic N) is 3. The number of imidazole rings is 1. The monoisotopic (exact) mass is 227 g/mol. The van der Waals surface area contributed by atoms with E-state index in [1.807, 2.05) is 0 Å². The minimum absolute atomic E-state index is 0.0249. The molecule has 8 heteroatoms. The summed E-state index contributed by atoms with van der Waals surface area (Å²) in [6, 6.07) is 0.942. The molecule has 0 spiro atoms. The largest absolute Gasteiger partial charge is 0.510 e. The maximum atomic E-state index is 12.7. The van der Waals surface area contributed by atoms with Crippen molar-refractivity contribution in [2.75, 3.05) is 0 Å². The summed E-state index contributed by atoms with van der Waals surface area (Å²) in [5, 5.41) is 21.6. The molecule has 2 N–H and O–H groups in total. The van der Waals surface area contributed by atoms with Crippen LogP contribution in [0, 0.1) is 6.92 Å². The fourth-order valence-electron chi connectivity index (χ4n) is 1.42. The Labute approximate surface area is 89.5 Å². The molecule has 0 aliphatic heterocycles. The molecular weight excluding hydrogens is 219 g/mol. The Morgan fingerprint density at radius 2 is 2.12 bits per heavy atom. The van der Waals surface area contributed by atoms with E-state index < -0.39 is 13.5 Å². The van der Waals surface area contributed by atoms with Gasteiger partial charge in [-0.25, -0.2) is 18.3 Å². The van der Waals surface area contributed by atoms with Gasteiger partial charge < -0.3 is 10.0 Å². The third-order valence-corrected chi connectivity index (χ3v) is 2.09. The molecule has 0 aliphatic carbocycles. The predicted octanol–water partition coefficient (Wildman–Crippen LogP) is -0.345. The van der Waals surface area contributed by atoms with E-state index in [-0.39, 0.29) is 16.8 Å². The summed E-state index contributed by atoms with van der Waals surface area (Å²) in [5.41, 5.74) is -0.0534. The van der Waals surface area contributed by atoms with Crippen LogP contribution in [0.25, 0.3) is 5.65 Å². The van der Waals surface area contributed by atoms with E-state index in [9.17, 15) is 8.78 Å². The van der Waals surface area contributed by atoms with Crippen molar-refractivity contribution >= 4 is 18.4 Å². The van der Waals surface area contributed by atoms with Gasteiger partial charge in [0.2, 0.25) is 0 Å². The highest BCUT2D eigenvalue weighted by Crippen LogP contribution is 2.21. The molecule has 16 heavy (non-hydrogen) atoms. The van der Waals surface area contributed by atoms with E-state index in [2.05, 4.69) is 10.1 Å². The highest BCUT2D eigenvalue weighted by Gasteiger charge is 2.21. The molecule has 0 saturated heterocycles. The van der Waals surface area contributed by atoms with Crippen LogP contribution in [0.15, 0.2) is 12.3 Å². The number of aryl methyl sites for hydroxylation is 1. The molecule has 2 rings (SSSR count). The zero-order valence-corrected chi connectivity index (χ0v) is 8.30. The molecule has 2 aromatic rings. The van der Waals surface area contributed by atoms with Gasteiger partial charge in [0.05, 0.1) is 23.0 Å². The maximum Gasteiger partial charge on any atom is 0.510 e. The molecular formula is C8H8BF2N3O2. The Balaban J connectivity index is 2.73. The Kier molecular flexibility index (Phi) is 2.60. The summed E-state index contributed by atoms with van der Waals surface area (Å²) < 4.78 is 26.5. The molecule has 0 radical (unpaired) electrons. The van der Waals surface area contributed by atoms with Gasteiger partial charge >= 0.3 is 7.12 Å². The van der Waals surface area contributed by atoms with Crippen LogP contribution >= 0.6 is 0 Å². The first-order chi connectivity index (χ1) is 7.49. The third kappa shape index (κ3) is 1.77. The zero-order valence-electron chi connectivity index (χ0n) is 8.30. The lowest BCUT2D eigenvalue weighted by molar-refractivity contribution is 0.152. The van der Waals surface area contributed by atoms with Crippen molar-refractivity contribution in [3.05, 3.63) is 23.5 Å². The second-order valence-electron chi connectivity index (χ2n) is 3.35. The summed E-state index contributed by atoms with van der Waals surface area (Å²) in [6.45, 7) is 1.64. The summed E-state index contributed by atoms with van der Waals surface area (Å²) in [4.78, 5) is 3.89. The van der Waals surface area contributed by atoms with Gasteiger partial charge in [0.25, 0.3) is 6.43 Å². The van der Waals surface area contributed by atoms with E-state index in [0.717, 1.165) is 10.6 Å². The quantitative estimate of drug-likeness (QED) is 0.688. The third-order valence-electron chi connectivity index (χ3n) is 2.09. The molecule has 0 bridgehead atoms. The summed E-state index contributed by atoms with van der Waals surface area (Å²) in [6.07, 6.45) is -1.31. The molecule has 0 aliphatic rings. The fraction of sp³-hybridized carbons (Fsp3) is 0.250. The van der Waals surface area contributed by atoms with Crippen molar-refractivity contribution in [3.63, 3.8) is 0 Å². The van der Waals surface area contributed by atoms with Gasteiger partial charge in [0.15, 0.2) is 5.65 Å². The van der Waals surface area contributed by atoms with E-state index >= 15 is 0 Å². The normalized spacial score (nSPS) is 11.4. The van der Waals surface area contributed by atoms with Crippen LogP contribution in [0.1, 0.15) is 17.7 Å². The van der Waals surface area contributed by atoms with Crippen molar-refractivity contribution in [1.29, 1.82) is 0 Å². The molecule has 0 atom stereocenters. The number of rotatable bonds is 2. The van der Waals surface area contributed by atoms with Gasteiger partial charge in [0.1, 0.15) is 0 Å². The minimum atomic E-state index is -2.75. The topological polar surface area (TPSA) is 70.7 Å². The van der Waals surface area contributed by atoms with Crippen molar-refractivity contribution in [2.24, 2.45) is 0 Å². The van der Waals surface area contributed by atoms with Crippen LogP contribution in [0.2, 0.25) is 0 Å². The number of fused-ring (bicyclic) bond motifs is 1. The molecule has 0 fully saturated rings. The lowest BCUT2D eigenvalue weighted by Gasteiger charge is -2.05. The lowest BCUT2D eigenvalue weighted by Crippen LogP contribution is -2.34. The van der Waals surface area contributed by atoms with Crippen LogP contribution in [-0.2, 0) is 0 Å². The van der Waals surface area contributed by atoms with Gasteiger partial charge in [-0.3, -0.25) is 0 Å². The number of hydrogen-bond donors (Lipinski definition) is 2. The first kappa shape index (κ1) is 11.0. The van der Waals surface area contributed by atoms with Crippen molar-refractivity contribution in [2.45, 2.75) is 13.3 Å². The van der Waals surface area contributed by atoms with E-state index in [1.165, 1.54) is 6.20 Å². The van der Waals surface area contributed by atoms with E-state index in [0.29, 0.717) is 5.69 Å². The Bertz CT molecular complexity index is 529. The van der Waals surface area contributed by atoms with E-state index in [1.54, 1.807) is 6.92 Å². The fourth-order valence-corrected chi connectivity index (χ4v) is 1.42. The average molecular weight is 227 g/mol. The maximum absolute atomic E-state index is 12.7. The molecule has 0 aromatic carbocycles. The molecule has 2 aromatic heterocycles. The Morgan fingerprint density at radius 3 is 2.69 bits per heavy atom. The van der Waals surface area contributed by atoms with Gasteiger partial charge in [-0.15, -0.1) is 0 Å². The number of hydrogen-bond acceptors (Lipinski definition) is 4. The van der Waals surface area contributed by atoms with Gasteiger partial charge in [-0.05, 0) is 13.0 Å². The average Bonchev–Trinajstić information content (AvgIpc) is 2.55. The lowest BCUT2D eigenvalue weighted by atomic mass is 9.85. The van der Waals surface area contributed by atoms with Crippen molar-refractivity contribution < 1.29 is 18.8 Å². The number of aromatic nitrogens is 3. The highest BCUT2D eigenvalue weighted by atomic mass is 19.3. The summed E-state index contributed by atoms with van der Waals surface area (Å²) in [7, 11) is -1.88. The second kappa shape index (κ2) is 3.80. The number of alkyl halides is 2. The SMILES string of the molecule is Cc1cn2nc(B(O)O)cc(C(F)F)c2n1. The van der Waals surface area contributed by atoms with Crippen LogP contribution in [0.4, 0.5) is 8.78 Å².